The molecule has 2 aromatic carbocycles. The highest BCUT2D eigenvalue weighted by molar-refractivity contribution is 5.83. The molecule has 0 saturated carbocycles. The van der Waals surface area contributed by atoms with Crippen molar-refractivity contribution in [2.24, 2.45) is 5.10 Å². The molecule has 0 fully saturated rings. The molecule has 0 radical (unpaired) electrons. The van der Waals surface area contributed by atoms with Crippen LogP contribution in [-0.4, -0.2) is 29.2 Å². The summed E-state index contributed by atoms with van der Waals surface area (Å²) in [6, 6.07) is 15.0. The van der Waals surface area contributed by atoms with E-state index in [0.717, 1.165) is 22.3 Å². The van der Waals surface area contributed by atoms with Crippen LogP contribution in [0.15, 0.2) is 53.6 Å². The van der Waals surface area contributed by atoms with E-state index in [9.17, 15) is 4.79 Å². The maximum absolute atomic E-state index is 11.9. The second kappa shape index (κ2) is 6.74. The number of carbonyl (C=O) groups is 1. The van der Waals surface area contributed by atoms with E-state index in [1.54, 1.807) is 13.3 Å². The maximum atomic E-state index is 11.9. The van der Waals surface area contributed by atoms with Gasteiger partial charge in [-0.3, -0.25) is 4.79 Å². The van der Waals surface area contributed by atoms with Crippen LogP contribution in [-0.2, 0) is 11.2 Å². The molecule has 1 aromatic heterocycles. The number of benzene rings is 2. The smallest absolute Gasteiger partial charge is 0.247 e. The first-order valence-electron chi connectivity index (χ1n) is 7.14. The Bertz CT molecular complexity index is 804. The number of para-hydroxylation sites is 2. The molecule has 0 unspecified atom stereocenters. The molecule has 6 heteroatoms. The van der Waals surface area contributed by atoms with Crippen molar-refractivity contribution in [3.8, 4) is 5.75 Å². The summed E-state index contributed by atoms with van der Waals surface area (Å²) in [5, 5.41) is 3.94. The number of nitrogens with one attached hydrogen (secondary N) is 2. The highest BCUT2D eigenvalue weighted by atomic mass is 16.5. The number of aromatic nitrogens is 2. The van der Waals surface area contributed by atoms with Gasteiger partial charge in [-0.25, -0.2) is 10.4 Å². The molecule has 2 N–H and O–H groups in total. The van der Waals surface area contributed by atoms with Gasteiger partial charge in [-0.15, -0.1) is 0 Å². The quantitative estimate of drug-likeness (QED) is 0.560. The highest BCUT2D eigenvalue weighted by Gasteiger charge is 2.07. The molecule has 0 aliphatic rings. The number of ether oxygens (including phenoxy) is 1. The minimum absolute atomic E-state index is 0.147. The van der Waals surface area contributed by atoms with E-state index in [-0.39, 0.29) is 12.3 Å². The fourth-order valence-corrected chi connectivity index (χ4v) is 2.15. The SMILES string of the molecule is COc1ccc(C=NNC(=O)Cc2nc3ccccc3[nH]2)cc1. The molecule has 0 spiro atoms. The van der Waals surface area contributed by atoms with Gasteiger partial charge in [0.2, 0.25) is 5.91 Å². The third-order valence-corrected chi connectivity index (χ3v) is 3.29. The summed E-state index contributed by atoms with van der Waals surface area (Å²) in [5.74, 6) is 1.16. The number of rotatable bonds is 5. The third kappa shape index (κ3) is 3.74. The standard InChI is InChI=1S/C17H16N4O2/c1-23-13-8-6-12(7-9-13)11-18-21-17(22)10-16-19-14-4-2-3-5-15(14)20-16/h2-9,11H,10H2,1H3,(H,19,20)(H,21,22). The molecular weight excluding hydrogens is 292 g/mol. The Labute approximate surface area is 133 Å². The number of aromatic amines is 1. The minimum Gasteiger partial charge on any atom is -0.497 e. The average Bonchev–Trinajstić information content (AvgIpc) is 2.97. The second-order valence-corrected chi connectivity index (χ2v) is 4.94. The summed E-state index contributed by atoms with van der Waals surface area (Å²) in [7, 11) is 1.61. The van der Waals surface area contributed by atoms with Gasteiger partial charge in [0.1, 0.15) is 11.6 Å². The summed E-state index contributed by atoms with van der Waals surface area (Å²) in [5.41, 5.74) is 5.12. The van der Waals surface area contributed by atoms with Crippen molar-refractivity contribution in [2.75, 3.05) is 7.11 Å². The zero-order valence-corrected chi connectivity index (χ0v) is 12.6. The summed E-state index contributed by atoms with van der Waals surface area (Å²) >= 11 is 0. The second-order valence-electron chi connectivity index (χ2n) is 4.94. The van der Waals surface area contributed by atoms with Crippen LogP contribution in [0.1, 0.15) is 11.4 Å². The van der Waals surface area contributed by atoms with Gasteiger partial charge < -0.3 is 9.72 Å². The molecule has 0 aliphatic carbocycles. The third-order valence-electron chi connectivity index (χ3n) is 3.29. The lowest BCUT2D eigenvalue weighted by atomic mass is 10.2. The molecule has 23 heavy (non-hydrogen) atoms. The largest absolute Gasteiger partial charge is 0.497 e. The Hall–Kier alpha value is -3.15. The Kier molecular flexibility index (Phi) is 4.33. The Morgan fingerprint density at radius 2 is 2.04 bits per heavy atom. The first-order valence-corrected chi connectivity index (χ1v) is 7.14. The molecule has 116 valence electrons. The predicted molar refractivity (Wildman–Crippen MR) is 88.5 cm³/mol. The van der Waals surface area contributed by atoms with Gasteiger partial charge in [0.05, 0.1) is 30.8 Å². The van der Waals surface area contributed by atoms with Crippen LogP contribution in [0.3, 0.4) is 0 Å². The Morgan fingerprint density at radius 1 is 1.26 bits per heavy atom. The molecule has 0 atom stereocenters. The topological polar surface area (TPSA) is 79.4 Å². The van der Waals surface area contributed by atoms with Crippen LogP contribution >= 0.6 is 0 Å². The average molecular weight is 308 g/mol. The van der Waals surface area contributed by atoms with Gasteiger partial charge in [0, 0.05) is 0 Å². The number of amides is 1. The number of H-pyrrole nitrogens is 1. The van der Waals surface area contributed by atoms with Crippen molar-refractivity contribution < 1.29 is 9.53 Å². The van der Waals surface area contributed by atoms with Gasteiger partial charge in [-0.2, -0.15) is 5.10 Å². The lowest BCUT2D eigenvalue weighted by molar-refractivity contribution is -0.120. The van der Waals surface area contributed by atoms with Crippen LogP contribution in [0.4, 0.5) is 0 Å². The van der Waals surface area contributed by atoms with Crippen LogP contribution in [0.5, 0.6) is 5.75 Å². The summed E-state index contributed by atoms with van der Waals surface area (Å²) in [4.78, 5) is 19.3. The van der Waals surface area contributed by atoms with E-state index in [2.05, 4.69) is 20.5 Å². The lowest BCUT2D eigenvalue weighted by Gasteiger charge is -1.99. The molecule has 0 bridgehead atoms. The lowest BCUT2D eigenvalue weighted by Crippen LogP contribution is -2.20. The van der Waals surface area contributed by atoms with E-state index in [1.807, 2.05) is 48.5 Å². The number of hydrogen-bond donors (Lipinski definition) is 2. The minimum atomic E-state index is -0.228. The van der Waals surface area contributed by atoms with Gasteiger partial charge in [-0.1, -0.05) is 12.1 Å². The van der Waals surface area contributed by atoms with Crippen molar-refractivity contribution in [2.45, 2.75) is 6.42 Å². The normalized spacial score (nSPS) is 11.0. The number of methoxy groups -OCH3 is 1. The molecule has 0 aliphatic heterocycles. The fourth-order valence-electron chi connectivity index (χ4n) is 2.15. The zero-order valence-electron chi connectivity index (χ0n) is 12.6. The first kappa shape index (κ1) is 14.8. The number of fused-ring (bicyclic) bond motifs is 1. The number of hydrazone groups is 1. The molecule has 1 amide bonds. The molecule has 1 heterocycles. The fraction of sp³-hybridized carbons (Fsp3) is 0.118. The molecule has 3 aromatic rings. The van der Waals surface area contributed by atoms with Crippen molar-refractivity contribution in [1.29, 1.82) is 0 Å². The monoisotopic (exact) mass is 308 g/mol. The maximum Gasteiger partial charge on any atom is 0.247 e. The highest BCUT2D eigenvalue weighted by Crippen LogP contribution is 2.11. The number of imidazole rings is 1. The van der Waals surface area contributed by atoms with Crippen molar-refractivity contribution >= 4 is 23.2 Å². The number of carbonyl (C=O) groups excluding carboxylic acids is 1. The molecule has 3 rings (SSSR count). The van der Waals surface area contributed by atoms with E-state index in [0.29, 0.717) is 5.82 Å². The van der Waals surface area contributed by atoms with Crippen molar-refractivity contribution in [3.05, 3.63) is 59.9 Å². The summed E-state index contributed by atoms with van der Waals surface area (Å²) < 4.78 is 5.08. The molecular formula is C17H16N4O2. The summed E-state index contributed by atoms with van der Waals surface area (Å²) in [6.45, 7) is 0. The van der Waals surface area contributed by atoms with E-state index in [4.69, 9.17) is 4.74 Å². The van der Waals surface area contributed by atoms with Gasteiger partial charge >= 0.3 is 0 Å². The van der Waals surface area contributed by atoms with E-state index >= 15 is 0 Å². The number of hydrogen-bond acceptors (Lipinski definition) is 4. The van der Waals surface area contributed by atoms with Gasteiger partial charge in [-0.05, 0) is 42.0 Å². The van der Waals surface area contributed by atoms with Crippen LogP contribution in [0.25, 0.3) is 11.0 Å². The predicted octanol–water partition coefficient (Wildman–Crippen LogP) is 2.26. The Balaban J connectivity index is 1.57. The van der Waals surface area contributed by atoms with Gasteiger partial charge in [0.25, 0.3) is 0 Å². The van der Waals surface area contributed by atoms with Gasteiger partial charge in [0.15, 0.2) is 0 Å². The number of nitrogens with zero attached hydrogens (tertiary/aromatic N) is 2. The van der Waals surface area contributed by atoms with Crippen LogP contribution in [0, 0.1) is 0 Å². The van der Waals surface area contributed by atoms with E-state index < -0.39 is 0 Å². The first-order chi connectivity index (χ1) is 11.2. The van der Waals surface area contributed by atoms with Crippen LogP contribution < -0.4 is 10.2 Å². The molecule has 0 saturated heterocycles. The molecule has 6 nitrogen and oxygen atoms in total. The van der Waals surface area contributed by atoms with Crippen molar-refractivity contribution in [1.82, 2.24) is 15.4 Å². The Morgan fingerprint density at radius 3 is 2.78 bits per heavy atom. The summed E-state index contributed by atoms with van der Waals surface area (Å²) in [6.07, 6.45) is 1.73. The van der Waals surface area contributed by atoms with Crippen molar-refractivity contribution in [3.63, 3.8) is 0 Å². The zero-order chi connectivity index (χ0) is 16.1. The van der Waals surface area contributed by atoms with E-state index in [1.165, 1.54) is 0 Å². The van der Waals surface area contributed by atoms with Crippen LogP contribution in [0.2, 0.25) is 0 Å².